The number of fused-ring (bicyclic) bond motifs is 5. The van der Waals surface area contributed by atoms with Crippen molar-refractivity contribution < 1.29 is 29.2 Å². The van der Waals surface area contributed by atoms with Gasteiger partial charge in [-0.25, -0.2) is 0 Å². The molecule has 2 saturated carbocycles. The molecule has 0 radical (unpaired) electrons. The Bertz CT molecular complexity index is 949. The van der Waals surface area contributed by atoms with E-state index < -0.39 is 35.1 Å². The van der Waals surface area contributed by atoms with Crippen molar-refractivity contribution in [3.63, 3.8) is 0 Å². The Kier molecular flexibility index (Phi) is 5.33. The summed E-state index contributed by atoms with van der Waals surface area (Å²) in [5.41, 5.74) is -0.876. The minimum Gasteiger partial charge on any atom is -0.454 e. The quantitative estimate of drug-likeness (QED) is 0.475. The van der Waals surface area contributed by atoms with Crippen LogP contribution in [-0.4, -0.2) is 52.5 Å². The summed E-state index contributed by atoms with van der Waals surface area (Å²) in [6.45, 7) is 16.4. The van der Waals surface area contributed by atoms with Crippen LogP contribution in [0.4, 0.5) is 0 Å². The molecule has 3 fully saturated rings. The molecule has 2 bridgehead atoms. The van der Waals surface area contributed by atoms with E-state index in [4.69, 9.17) is 14.2 Å². The highest BCUT2D eigenvalue weighted by Gasteiger charge is 2.77. The monoisotopic (exact) mass is 474 g/mol. The second-order valence-corrected chi connectivity index (χ2v) is 12.8. The lowest BCUT2D eigenvalue weighted by Crippen LogP contribution is -2.69. The van der Waals surface area contributed by atoms with Gasteiger partial charge in [-0.15, -0.1) is 0 Å². The molecule has 6 nitrogen and oxygen atoms in total. The molecule has 4 aliphatic carbocycles. The summed E-state index contributed by atoms with van der Waals surface area (Å²) in [5.74, 6) is -0.886. The molecule has 6 heteroatoms. The fraction of sp³-hybridized carbons (Fsp3) is 0.821. The molecule has 34 heavy (non-hydrogen) atoms. The zero-order valence-corrected chi connectivity index (χ0v) is 21.9. The van der Waals surface area contributed by atoms with Crippen molar-refractivity contribution in [2.24, 2.45) is 40.4 Å². The molecule has 1 saturated heterocycles. The third kappa shape index (κ3) is 2.98. The molecule has 5 rings (SSSR count). The van der Waals surface area contributed by atoms with Crippen LogP contribution >= 0.6 is 0 Å². The van der Waals surface area contributed by atoms with Gasteiger partial charge >= 0.3 is 5.97 Å². The van der Waals surface area contributed by atoms with Crippen LogP contribution in [0.15, 0.2) is 23.3 Å². The Morgan fingerprint density at radius 2 is 1.97 bits per heavy atom. The van der Waals surface area contributed by atoms with Crippen molar-refractivity contribution in [3.05, 3.63) is 23.3 Å². The van der Waals surface area contributed by atoms with Crippen LogP contribution in [0.25, 0.3) is 0 Å². The Labute approximate surface area is 203 Å². The van der Waals surface area contributed by atoms with Gasteiger partial charge in [0.1, 0.15) is 11.7 Å². The van der Waals surface area contributed by atoms with Crippen molar-refractivity contribution in [2.45, 2.75) is 97.9 Å². The number of carbonyl (C=O) groups excluding carboxylic acids is 1. The third-order valence-electron chi connectivity index (χ3n) is 10.2. The maximum Gasteiger partial charge on any atom is 0.309 e. The molecule has 0 aromatic heterocycles. The number of aliphatic hydroxyl groups excluding tert-OH is 1. The van der Waals surface area contributed by atoms with E-state index in [-0.39, 0.29) is 29.1 Å². The van der Waals surface area contributed by atoms with E-state index in [1.807, 2.05) is 40.7 Å². The average Bonchev–Trinajstić information content (AvgIpc) is 3.25. The molecule has 1 heterocycles. The predicted octanol–water partition coefficient (Wildman–Crippen LogP) is 4.00. The second-order valence-electron chi connectivity index (χ2n) is 12.8. The van der Waals surface area contributed by atoms with Crippen LogP contribution in [0.2, 0.25) is 0 Å². The zero-order valence-electron chi connectivity index (χ0n) is 21.9. The van der Waals surface area contributed by atoms with Gasteiger partial charge in [-0.2, -0.15) is 0 Å². The first-order valence-corrected chi connectivity index (χ1v) is 13.0. The molecule has 0 amide bonds. The average molecular weight is 475 g/mol. The lowest BCUT2D eigenvalue weighted by molar-refractivity contribution is -0.313. The van der Waals surface area contributed by atoms with Crippen molar-refractivity contribution in [2.75, 3.05) is 6.61 Å². The van der Waals surface area contributed by atoms with Crippen molar-refractivity contribution >= 4 is 5.97 Å². The zero-order chi connectivity index (χ0) is 25.0. The van der Waals surface area contributed by atoms with Crippen LogP contribution in [0, 0.1) is 40.4 Å². The minimum atomic E-state index is -1.64. The third-order valence-corrected chi connectivity index (χ3v) is 10.2. The molecule has 190 valence electrons. The Morgan fingerprint density at radius 3 is 2.62 bits per heavy atom. The second kappa shape index (κ2) is 7.41. The number of rotatable bonds is 3. The summed E-state index contributed by atoms with van der Waals surface area (Å²) < 4.78 is 18.6. The largest absolute Gasteiger partial charge is 0.454 e. The Morgan fingerprint density at radius 1 is 1.29 bits per heavy atom. The minimum absolute atomic E-state index is 0.0312. The van der Waals surface area contributed by atoms with E-state index >= 15 is 0 Å². The highest BCUT2D eigenvalue weighted by Crippen LogP contribution is 2.73. The molecule has 0 aromatic carbocycles. The number of carbonyl (C=O) groups is 1. The van der Waals surface area contributed by atoms with Gasteiger partial charge in [-0.05, 0) is 67.9 Å². The summed E-state index contributed by atoms with van der Waals surface area (Å²) in [5, 5.41) is 25.1. The highest BCUT2D eigenvalue weighted by atomic mass is 16.7. The normalized spacial score (nSPS) is 48.7. The van der Waals surface area contributed by atoms with Crippen molar-refractivity contribution in [1.82, 2.24) is 0 Å². The fourth-order valence-corrected chi connectivity index (χ4v) is 8.01. The highest BCUT2D eigenvalue weighted by molar-refractivity contribution is 5.73. The number of hydrogen-bond acceptors (Lipinski definition) is 6. The SMILES string of the molecule is CCC(C)C(=O)OC1C(C)=CC23C(C)CC4C(C(C=C5COC(C)(C)OC5C12O)C3O)C4(C)C. The predicted molar refractivity (Wildman–Crippen MR) is 128 cm³/mol. The number of aliphatic hydroxyl groups is 2. The molecule has 1 aliphatic heterocycles. The van der Waals surface area contributed by atoms with Crippen molar-refractivity contribution in [3.8, 4) is 0 Å². The first-order chi connectivity index (χ1) is 15.7. The van der Waals surface area contributed by atoms with Crippen LogP contribution in [-0.2, 0) is 19.0 Å². The van der Waals surface area contributed by atoms with Gasteiger partial charge in [-0.1, -0.05) is 46.8 Å². The number of esters is 1. The summed E-state index contributed by atoms with van der Waals surface area (Å²) >= 11 is 0. The van der Waals surface area contributed by atoms with E-state index in [1.165, 1.54) is 0 Å². The summed E-state index contributed by atoms with van der Waals surface area (Å²) in [4.78, 5) is 13.0. The van der Waals surface area contributed by atoms with Gasteiger partial charge in [0.05, 0.1) is 24.0 Å². The van der Waals surface area contributed by atoms with Crippen LogP contribution in [0.3, 0.4) is 0 Å². The van der Waals surface area contributed by atoms with Gasteiger partial charge < -0.3 is 24.4 Å². The lowest BCUT2D eigenvalue weighted by atomic mass is 9.58. The van der Waals surface area contributed by atoms with E-state index in [1.54, 1.807) is 0 Å². The molecule has 1 spiro atoms. The summed E-state index contributed by atoms with van der Waals surface area (Å²) in [6, 6.07) is 0. The molecular weight excluding hydrogens is 432 g/mol. The van der Waals surface area contributed by atoms with Gasteiger partial charge in [0.15, 0.2) is 11.9 Å². The van der Waals surface area contributed by atoms with E-state index in [2.05, 4.69) is 26.8 Å². The number of hydrogen-bond donors (Lipinski definition) is 2. The van der Waals surface area contributed by atoms with E-state index in [9.17, 15) is 15.0 Å². The summed E-state index contributed by atoms with van der Waals surface area (Å²) in [6.07, 6.45) is 3.25. The van der Waals surface area contributed by atoms with E-state index in [0.29, 0.717) is 24.9 Å². The fourth-order valence-electron chi connectivity index (χ4n) is 8.01. The molecular formula is C28H42O6. The maximum absolute atomic E-state index is 13.0. The molecule has 10 unspecified atom stereocenters. The molecule has 5 aliphatic rings. The van der Waals surface area contributed by atoms with Gasteiger partial charge in [0.25, 0.3) is 0 Å². The first kappa shape index (κ1) is 24.5. The first-order valence-electron chi connectivity index (χ1n) is 13.0. The summed E-state index contributed by atoms with van der Waals surface area (Å²) in [7, 11) is 0. The van der Waals surface area contributed by atoms with Gasteiger partial charge in [0.2, 0.25) is 0 Å². The van der Waals surface area contributed by atoms with E-state index in [0.717, 1.165) is 17.6 Å². The Hall–Kier alpha value is -1.21. The van der Waals surface area contributed by atoms with Gasteiger partial charge in [0, 0.05) is 5.92 Å². The Balaban J connectivity index is 1.70. The van der Waals surface area contributed by atoms with Crippen molar-refractivity contribution in [1.29, 1.82) is 0 Å². The molecule has 10 atom stereocenters. The van der Waals surface area contributed by atoms with Crippen LogP contribution in [0.1, 0.15) is 68.2 Å². The maximum atomic E-state index is 13.0. The molecule has 2 N–H and O–H groups in total. The topological polar surface area (TPSA) is 85.2 Å². The molecule has 0 aromatic rings. The lowest BCUT2D eigenvalue weighted by Gasteiger charge is -2.55. The van der Waals surface area contributed by atoms with Gasteiger partial charge in [-0.3, -0.25) is 4.79 Å². The standard InChI is InChI=1S/C28H42O6/c1-9-14(2)24(30)33-22-15(3)12-27-16(4)10-19-20(25(19,5)6)18(21(27)29)11-17-13-32-26(7,8)34-23(17)28(22,27)31/h11-12,14,16,18-23,29,31H,9-10,13H2,1-8H3. The van der Waals surface area contributed by atoms with Crippen LogP contribution in [0.5, 0.6) is 0 Å². The smallest absolute Gasteiger partial charge is 0.309 e. The number of ether oxygens (including phenoxy) is 3. The van der Waals surface area contributed by atoms with Crippen LogP contribution < -0.4 is 0 Å².